The average Bonchev–Trinajstić information content (AvgIpc) is 2.67. The van der Waals surface area contributed by atoms with E-state index < -0.39 is 4.92 Å². The van der Waals surface area contributed by atoms with Gasteiger partial charge in [-0.2, -0.15) is 0 Å². The summed E-state index contributed by atoms with van der Waals surface area (Å²) in [4.78, 5) is 24.3. The zero-order valence-corrected chi connectivity index (χ0v) is 12.2. The predicted octanol–water partition coefficient (Wildman–Crippen LogP) is 2.90. The Hall–Kier alpha value is -2.11. The Morgan fingerprint density at radius 2 is 2.14 bits per heavy atom. The van der Waals surface area contributed by atoms with Gasteiger partial charge in [-0.1, -0.05) is 19.1 Å². The van der Waals surface area contributed by atoms with Crippen LogP contribution in [0, 0.1) is 16.0 Å². The highest BCUT2D eigenvalue weighted by Crippen LogP contribution is 2.19. The van der Waals surface area contributed by atoms with Crippen LogP contribution in [0.5, 0.6) is 0 Å². The molecule has 1 atom stereocenters. The number of allylic oxidation sites excluding steroid dienone is 4. The van der Waals surface area contributed by atoms with Gasteiger partial charge in [0.2, 0.25) is 0 Å². The molecule has 0 bridgehead atoms. The molecule has 0 radical (unpaired) electrons. The van der Waals surface area contributed by atoms with E-state index in [4.69, 9.17) is 4.74 Å². The van der Waals surface area contributed by atoms with Crippen molar-refractivity contribution in [3.8, 4) is 0 Å². The van der Waals surface area contributed by atoms with Crippen LogP contribution < -0.4 is 0 Å². The number of likely N-dealkylation sites (tertiary alicyclic amines) is 1. The summed E-state index contributed by atoms with van der Waals surface area (Å²) in [6.07, 6.45) is 9.55. The minimum absolute atomic E-state index is 0.0129. The van der Waals surface area contributed by atoms with E-state index in [0.717, 1.165) is 19.3 Å². The lowest BCUT2D eigenvalue weighted by molar-refractivity contribution is -0.421. The molecule has 0 N–H and O–H groups in total. The van der Waals surface area contributed by atoms with E-state index in [1.807, 2.05) is 13.0 Å². The topological polar surface area (TPSA) is 72.7 Å². The fourth-order valence-electron chi connectivity index (χ4n) is 2.45. The monoisotopic (exact) mass is 292 g/mol. The van der Waals surface area contributed by atoms with Crippen molar-refractivity contribution in [2.45, 2.75) is 26.2 Å². The molecule has 21 heavy (non-hydrogen) atoms. The number of piperidine rings is 1. The van der Waals surface area contributed by atoms with E-state index >= 15 is 0 Å². The molecule has 0 aromatic rings. The van der Waals surface area contributed by atoms with E-state index in [-0.39, 0.29) is 24.3 Å². The van der Waals surface area contributed by atoms with Crippen LogP contribution >= 0.6 is 0 Å². The van der Waals surface area contributed by atoms with Crippen molar-refractivity contribution >= 4 is 6.09 Å². The summed E-state index contributed by atoms with van der Waals surface area (Å²) in [5.41, 5.74) is 0.435. The van der Waals surface area contributed by atoms with Crippen LogP contribution in [-0.2, 0) is 4.74 Å². The zero-order chi connectivity index (χ0) is 15.2. The Labute approximate surface area is 123 Å². The first-order chi connectivity index (χ1) is 10.1. The zero-order valence-electron chi connectivity index (χ0n) is 12.2. The summed E-state index contributed by atoms with van der Waals surface area (Å²) in [5, 5.41) is 11.1. The summed E-state index contributed by atoms with van der Waals surface area (Å²) in [7, 11) is 0. The second-order valence-corrected chi connectivity index (χ2v) is 5.35. The Balaban J connectivity index is 1.98. The molecule has 1 fully saturated rings. The van der Waals surface area contributed by atoms with Gasteiger partial charge in [0.25, 0.3) is 5.70 Å². The van der Waals surface area contributed by atoms with Crippen LogP contribution in [0.2, 0.25) is 0 Å². The summed E-state index contributed by atoms with van der Waals surface area (Å²) in [6.45, 7) is 3.20. The number of carbonyl (C=O) groups is 1. The molecule has 6 nitrogen and oxygen atoms in total. The van der Waals surface area contributed by atoms with Crippen LogP contribution in [0.15, 0.2) is 35.6 Å². The Morgan fingerprint density at radius 1 is 1.43 bits per heavy atom. The van der Waals surface area contributed by atoms with Gasteiger partial charge >= 0.3 is 6.09 Å². The van der Waals surface area contributed by atoms with Gasteiger partial charge in [0.15, 0.2) is 0 Å². The van der Waals surface area contributed by atoms with Crippen molar-refractivity contribution in [2.75, 3.05) is 19.7 Å². The van der Waals surface area contributed by atoms with E-state index in [2.05, 4.69) is 0 Å². The number of carbonyl (C=O) groups excluding carboxylic acids is 1. The second kappa shape index (κ2) is 7.06. The molecule has 2 rings (SSSR count). The molecular formula is C15H20N2O4. The minimum atomic E-state index is -0.427. The first-order valence-electron chi connectivity index (χ1n) is 7.23. The van der Waals surface area contributed by atoms with Crippen molar-refractivity contribution < 1.29 is 14.5 Å². The lowest BCUT2D eigenvalue weighted by Gasteiger charge is -2.25. The van der Waals surface area contributed by atoms with Gasteiger partial charge in [-0.15, -0.1) is 0 Å². The highest BCUT2D eigenvalue weighted by Gasteiger charge is 2.23. The molecule has 0 spiro atoms. The number of amides is 1. The predicted molar refractivity (Wildman–Crippen MR) is 78.2 cm³/mol. The van der Waals surface area contributed by atoms with Crippen LogP contribution in [0.4, 0.5) is 4.79 Å². The van der Waals surface area contributed by atoms with Gasteiger partial charge in [-0.3, -0.25) is 10.1 Å². The van der Waals surface area contributed by atoms with E-state index in [1.165, 1.54) is 0 Å². The average molecular weight is 292 g/mol. The molecule has 1 unspecified atom stereocenters. The number of nitro groups is 1. The summed E-state index contributed by atoms with van der Waals surface area (Å²) >= 11 is 0. The van der Waals surface area contributed by atoms with Gasteiger partial charge in [-0.25, -0.2) is 4.79 Å². The standard InChI is InChI=1S/C15H20N2O4/c1-12-6-5-7-13(14(10-12)17(19)20)11-21-15(18)16-8-3-2-4-9-16/h5-7,10,12H,2-4,8-9,11H2,1H3. The highest BCUT2D eigenvalue weighted by atomic mass is 16.6. The molecule has 2 aliphatic rings. The molecule has 1 aliphatic heterocycles. The maximum Gasteiger partial charge on any atom is 0.410 e. The maximum atomic E-state index is 11.9. The molecule has 6 heteroatoms. The number of hydrogen-bond acceptors (Lipinski definition) is 4. The Kier molecular flexibility index (Phi) is 5.14. The first kappa shape index (κ1) is 15.3. The molecule has 0 aromatic heterocycles. The fourth-order valence-corrected chi connectivity index (χ4v) is 2.45. The molecule has 1 amide bonds. The number of hydrogen-bond donors (Lipinski definition) is 0. The quantitative estimate of drug-likeness (QED) is 0.592. The van der Waals surface area contributed by atoms with Crippen LogP contribution in [0.3, 0.4) is 0 Å². The van der Waals surface area contributed by atoms with Crippen LogP contribution in [0.25, 0.3) is 0 Å². The molecular weight excluding hydrogens is 272 g/mol. The molecule has 1 heterocycles. The molecule has 1 saturated heterocycles. The second-order valence-electron chi connectivity index (χ2n) is 5.35. The van der Waals surface area contributed by atoms with Crippen molar-refractivity contribution in [3.63, 3.8) is 0 Å². The van der Waals surface area contributed by atoms with Gasteiger partial charge in [0.1, 0.15) is 6.61 Å². The van der Waals surface area contributed by atoms with Crippen LogP contribution in [0.1, 0.15) is 26.2 Å². The third kappa shape index (κ3) is 4.18. The number of ether oxygens (including phenoxy) is 1. The molecule has 114 valence electrons. The van der Waals surface area contributed by atoms with Crippen LogP contribution in [-0.4, -0.2) is 35.6 Å². The van der Waals surface area contributed by atoms with E-state index in [1.54, 1.807) is 23.1 Å². The summed E-state index contributed by atoms with van der Waals surface area (Å²) in [5.74, 6) is -0.0167. The van der Waals surface area contributed by atoms with Crippen molar-refractivity contribution in [1.29, 1.82) is 0 Å². The summed E-state index contributed by atoms with van der Waals surface area (Å²) < 4.78 is 5.23. The third-order valence-electron chi connectivity index (χ3n) is 3.62. The number of nitrogens with zero attached hydrogens (tertiary/aromatic N) is 2. The normalized spacial score (nSPS) is 22.1. The lowest BCUT2D eigenvalue weighted by atomic mass is 10.1. The van der Waals surface area contributed by atoms with E-state index in [0.29, 0.717) is 18.7 Å². The van der Waals surface area contributed by atoms with Gasteiger partial charge in [-0.05, 0) is 31.3 Å². The summed E-state index contributed by atoms with van der Waals surface area (Å²) in [6, 6.07) is 0. The van der Waals surface area contributed by atoms with Gasteiger partial charge in [0, 0.05) is 19.2 Å². The lowest BCUT2D eigenvalue weighted by Crippen LogP contribution is -2.36. The SMILES string of the molecule is CC1C=CC=C(COC(=O)N2CCCCC2)C([N+](=O)[O-])=C1. The molecule has 0 aromatic carbocycles. The fraction of sp³-hybridized carbons (Fsp3) is 0.533. The minimum Gasteiger partial charge on any atom is -0.444 e. The smallest absolute Gasteiger partial charge is 0.410 e. The first-order valence-corrected chi connectivity index (χ1v) is 7.23. The molecule has 1 aliphatic carbocycles. The largest absolute Gasteiger partial charge is 0.444 e. The third-order valence-corrected chi connectivity index (χ3v) is 3.62. The maximum absolute atomic E-state index is 11.9. The van der Waals surface area contributed by atoms with Crippen molar-refractivity contribution in [2.24, 2.45) is 5.92 Å². The van der Waals surface area contributed by atoms with Gasteiger partial charge in [0.05, 0.1) is 10.5 Å². The Morgan fingerprint density at radius 3 is 2.81 bits per heavy atom. The van der Waals surface area contributed by atoms with Gasteiger partial charge < -0.3 is 9.64 Å². The highest BCUT2D eigenvalue weighted by molar-refractivity contribution is 5.68. The Bertz CT molecular complexity index is 502. The number of rotatable bonds is 3. The van der Waals surface area contributed by atoms with Crippen molar-refractivity contribution in [3.05, 3.63) is 45.7 Å². The van der Waals surface area contributed by atoms with Crippen molar-refractivity contribution in [1.82, 2.24) is 4.90 Å². The molecule has 0 saturated carbocycles. The van der Waals surface area contributed by atoms with E-state index in [9.17, 15) is 14.9 Å².